The summed E-state index contributed by atoms with van der Waals surface area (Å²) in [7, 11) is 0. The van der Waals surface area contributed by atoms with Gasteiger partial charge in [-0.1, -0.05) is 30.3 Å². The van der Waals surface area contributed by atoms with Gasteiger partial charge in [0.1, 0.15) is 0 Å². The van der Waals surface area contributed by atoms with E-state index in [1.807, 2.05) is 23.1 Å². The molecule has 2 rings (SSSR count). The summed E-state index contributed by atoms with van der Waals surface area (Å²) < 4.78 is 0. The highest BCUT2D eigenvalue weighted by molar-refractivity contribution is 5.76. The van der Waals surface area contributed by atoms with Crippen molar-refractivity contribution in [3.63, 3.8) is 0 Å². The van der Waals surface area contributed by atoms with E-state index in [1.165, 1.54) is 5.56 Å². The van der Waals surface area contributed by atoms with Crippen LogP contribution >= 0.6 is 0 Å². The molecule has 1 N–H and O–H groups in total. The molecule has 2 amide bonds. The zero-order valence-corrected chi connectivity index (χ0v) is 13.4. The fourth-order valence-corrected chi connectivity index (χ4v) is 2.92. The molecule has 1 aliphatic rings. The van der Waals surface area contributed by atoms with Crippen LogP contribution in [0.1, 0.15) is 38.2 Å². The van der Waals surface area contributed by atoms with E-state index in [1.54, 1.807) is 6.92 Å². The minimum Gasteiger partial charge on any atom is -0.356 e. The van der Waals surface area contributed by atoms with Crippen molar-refractivity contribution in [3.05, 3.63) is 35.9 Å². The van der Waals surface area contributed by atoms with Crippen molar-refractivity contribution in [2.75, 3.05) is 19.6 Å². The molecule has 1 aromatic rings. The maximum atomic E-state index is 12.2. The molecule has 4 heteroatoms. The maximum absolute atomic E-state index is 12.2. The first-order valence-corrected chi connectivity index (χ1v) is 8.21. The number of hydrogen-bond acceptors (Lipinski definition) is 2. The molecular formula is C18H26N2O2. The molecule has 0 radical (unpaired) electrons. The Morgan fingerprint density at radius 1 is 1.18 bits per heavy atom. The fourth-order valence-electron chi connectivity index (χ4n) is 2.92. The van der Waals surface area contributed by atoms with Crippen LogP contribution < -0.4 is 5.32 Å². The summed E-state index contributed by atoms with van der Waals surface area (Å²) in [5.74, 6) is 0.811. The Kier molecular flexibility index (Phi) is 6.44. The van der Waals surface area contributed by atoms with Gasteiger partial charge in [-0.15, -0.1) is 0 Å². The molecule has 0 unspecified atom stereocenters. The number of benzene rings is 1. The number of nitrogens with one attached hydrogen (secondary N) is 1. The SMILES string of the molecule is CC(=O)NCC1CCN(C(=O)CCCc2ccccc2)CC1. The zero-order valence-electron chi connectivity index (χ0n) is 13.4. The minimum absolute atomic E-state index is 0.0272. The van der Waals surface area contributed by atoms with Crippen LogP contribution in [0.4, 0.5) is 0 Å². The molecule has 1 saturated heterocycles. The van der Waals surface area contributed by atoms with Crippen molar-refractivity contribution in [2.45, 2.75) is 39.0 Å². The largest absolute Gasteiger partial charge is 0.356 e. The van der Waals surface area contributed by atoms with E-state index in [-0.39, 0.29) is 11.8 Å². The molecule has 0 saturated carbocycles. The van der Waals surface area contributed by atoms with Gasteiger partial charge in [-0.05, 0) is 37.2 Å². The second-order valence-corrected chi connectivity index (χ2v) is 6.10. The summed E-state index contributed by atoms with van der Waals surface area (Å²) >= 11 is 0. The number of carbonyl (C=O) groups is 2. The summed E-state index contributed by atoms with van der Waals surface area (Å²) in [5.41, 5.74) is 1.30. The second kappa shape index (κ2) is 8.57. The van der Waals surface area contributed by atoms with Crippen LogP contribution in [0.25, 0.3) is 0 Å². The van der Waals surface area contributed by atoms with Crippen LogP contribution in [0.2, 0.25) is 0 Å². The predicted octanol–water partition coefficient (Wildman–Crippen LogP) is 2.38. The number of likely N-dealkylation sites (tertiary alicyclic amines) is 1. The van der Waals surface area contributed by atoms with Crippen LogP contribution in [0, 0.1) is 5.92 Å². The number of carbonyl (C=O) groups excluding carboxylic acids is 2. The van der Waals surface area contributed by atoms with Gasteiger partial charge < -0.3 is 10.2 Å². The van der Waals surface area contributed by atoms with Crippen LogP contribution in [0.15, 0.2) is 30.3 Å². The van der Waals surface area contributed by atoms with Gasteiger partial charge in [0.25, 0.3) is 0 Å². The summed E-state index contributed by atoms with van der Waals surface area (Å²) in [6.07, 6.45) is 4.49. The van der Waals surface area contributed by atoms with Gasteiger partial charge in [-0.25, -0.2) is 0 Å². The average Bonchev–Trinajstić information content (AvgIpc) is 2.54. The monoisotopic (exact) mass is 302 g/mol. The van der Waals surface area contributed by atoms with Crippen molar-refractivity contribution in [3.8, 4) is 0 Å². The summed E-state index contributed by atoms with van der Waals surface area (Å²) in [6.45, 7) is 3.94. The number of piperidine rings is 1. The molecule has 1 heterocycles. The Balaban J connectivity index is 1.64. The van der Waals surface area contributed by atoms with Gasteiger partial charge in [-0.2, -0.15) is 0 Å². The van der Waals surface area contributed by atoms with E-state index in [2.05, 4.69) is 17.4 Å². The van der Waals surface area contributed by atoms with Crippen LogP contribution in [-0.4, -0.2) is 36.3 Å². The van der Waals surface area contributed by atoms with Gasteiger partial charge in [0.15, 0.2) is 0 Å². The second-order valence-electron chi connectivity index (χ2n) is 6.10. The molecule has 120 valence electrons. The molecule has 1 aromatic carbocycles. The molecule has 1 aliphatic heterocycles. The molecular weight excluding hydrogens is 276 g/mol. The standard InChI is InChI=1S/C18H26N2O2/c1-15(21)19-14-17-10-12-20(13-11-17)18(22)9-5-8-16-6-3-2-4-7-16/h2-4,6-7,17H,5,8-14H2,1H3,(H,19,21). The molecule has 22 heavy (non-hydrogen) atoms. The lowest BCUT2D eigenvalue weighted by atomic mass is 9.96. The van der Waals surface area contributed by atoms with Crippen LogP contribution in [-0.2, 0) is 16.0 Å². The molecule has 0 atom stereocenters. The van der Waals surface area contributed by atoms with E-state index in [0.29, 0.717) is 12.3 Å². The van der Waals surface area contributed by atoms with Crippen LogP contribution in [0.3, 0.4) is 0 Å². The van der Waals surface area contributed by atoms with Crippen molar-refractivity contribution in [2.24, 2.45) is 5.92 Å². The van der Waals surface area contributed by atoms with E-state index in [0.717, 1.165) is 45.3 Å². The van der Waals surface area contributed by atoms with Gasteiger partial charge in [0.05, 0.1) is 0 Å². The predicted molar refractivity (Wildman–Crippen MR) is 87.4 cm³/mol. The van der Waals surface area contributed by atoms with Crippen molar-refractivity contribution in [1.82, 2.24) is 10.2 Å². The Labute approximate surface area is 132 Å². The number of hydrogen-bond donors (Lipinski definition) is 1. The van der Waals surface area contributed by atoms with Crippen molar-refractivity contribution >= 4 is 11.8 Å². The third-order valence-electron chi connectivity index (χ3n) is 4.31. The lowest BCUT2D eigenvalue weighted by Gasteiger charge is -2.32. The zero-order chi connectivity index (χ0) is 15.8. The molecule has 4 nitrogen and oxygen atoms in total. The average molecular weight is 302 g/mol. The highest BCUT2D eigenvalue weighted by atomic mass is 16.2. The highest BCUT2D eigenvalue weighted by Gasteiger charge is 2.22. The lowest BCUT2D eigenvalue weighted by molar-refractivity contribution is -0.132. The Hall–Kier alpha value is -1.84. The first-order chi connectivity index (χ1) is 10.6. The van der Waals surface area contributed by atoms with E-state index in [9.17, 15) is 9.59 Å². The van der Waals surface area contributed by atoms with Gasteiger partial charge in [0.2, 0.25) is 11.8 Å². The highest BCUT2D eigenvalue weighted by Crippen LogP contribution is 2.17. The van der Waals surface area contributed by atoms with Crippen LogP contribution in [0.5, 0.6) is 0 Å². The number of amides is 2. The Bertz CT molecular complexity index is 479. The fraction of sp³-hybridized carbons (Fsp3) is 0.556. The summed E-state index contributed by atoms with van der Waals surface area (Å²) in [6, 6.07) is 10.3. The molecule has 0 aromatic heterocycles. The third kappa shape index (κ3) is 5.51. The van der Waals surface area contributed by atoms with E-state index >= 15 is 0 Å². The topological polar surface area (TPSA) is 49.4 Å². The first kappa shape index (κ1) is 16.5. The smallest absolute Gasteiger partial charge is 0.222 e. The molecule has 0 spiro atoms. The van der Waals surface area contributed by atoms with Gasteiger partial charge in [-0.3, -0.25) is 9.59 Å². The molecule has 0 bridgehead atoms. The third-order valence-corrected chi connectivity index (χ3v) is 4.31. The number of rotatable bonds is 6. The lowest BCUT2D eigenvalue weighted by Crippen LogP contribution is -2.41. The van der Waals surface area contributed by atoms with E-state index < -0.39 is 0 Å². The van der Waals surface area contributed by atoms with Crippen molar-refractivity contribution < 1.29 is 9.59 Å². The number of nitrogens with zero attached hydrogens (tertiary/aromatic N) is 1. The Morgan fingerprint density at radius 3 is 2.50 bits per heavy atom. The van der Waals surface area contributed by atoms with E-state index in [4.69, 9.17) is 0 Å². The summed E-state index contributed by atoms with van der Waals surface area (Å²) in [4.78, 5) is 25.1. The first-order valence-electron chi connectivity index (χ1n) is 8.21. The quantitative estimate of drug-likeness (QED) is 0.877. The Morgan fingerprint density at radius 2 is 1.86 bits per heavy atom. The molecule has 1 fully saturated rings. The normalized spacial score (nSPS) is 15.6. The van der Waals surface area contributed by atoms with Crippen molar-refractivity contribution in [1.29, 1.82) is 0 Å². The maximum Gasteiger partial charge on any atom is 0.222 e. The van der Waals surface area contributed by atoms with Gasteiger partial charge >= 0.3 is 0 Å². The minimum atomic E-state index is 0.0272. The molecule has 0 aliphatic carbocycles. The number of aryl methyl sites for hydroxylation is 1. The van der Waals surface area contributed by atoms with Gasteiger partial charge in [0, 0.05) is 33.0 Å². The summed E-state index contributed by atoms with van der Waals surface area (Å²) in [5, 5.41) is 2.87.